The first-order valence-corrected chi connectivity index (χ1v) is 16.1. The molecule has 1 N–H and O–H groups in total. The summed E-state index contributed by atoms with van der Waals surface area (Å²) in [6.07, 6.45) is 1.46. The van der Waals surface area contributed by atoms with E-state index < -0.39 is 35.1 Å². The Morgan fingerprint density at radius 2 is 2.04 bits per heavy atom. The molecule has 3 saturated heterocycles. The molecule has 11 nitrogen and oxygen atoms in total. The van der Waals surface area contributed by atoms with Crippen molar-refractivity contribution >= 4 is 33.6 Å². The number of nitrogens with zero attached hydrogens (tertiary/aromatic N) is 5. The molecule has 4 aromatic rings. The molecule has 0 radical (unpaired) electrons. The Morgan fingerprint density at radius 1 is 1.17 bits per heavy atom. The second-order valence-corrected chi connectivity index (χ2v) is 13.4. The van der Waals surface area contributed by atoms with Crippen molar-refractivity contribution in [3.63, 3.8) is 0 Å². The number of hydrogen-bond donors (Lipinski definition) is 1. The molecule has 7 heterocycles. The first kappa shape index (κ1) is 30.9. The molecule has 3 fully saturated rings. The molecule has 5 aliphatic heterocycles. The van der Waals surface area contributed by atoms with Crippen molar-refractivity contribution in [3.05, 3.63) is 47.7 Å². The van der Waals surface area contributed by atoms with Crippen molar-refractivity contribution in [3.8, 4) is 23.0 Å². The molecule has 9 rings (SSSR count). The fraction of sp³-hybridized carbons (Fsp3) is 0.471. The SMILES string of the molecule is CC12COCCN(C1)c1nc(OC[C@@]34CCCN3C[C@H](F)C4)nc3c(F)c(ncc13)-c1cc(O)cc3ccc(F)c(c13)CCOC(=O)O2. The van der Waals surface area contributed by atoms with Crippen LogP contribution in [-0.2, 0) is 20.6 Å². The number of carbonyl (C=O) groups is 1. The number of carbonyl (C=O) groups excluding carboxylic acids is 1. The summed E-state index contributed by atoms with van der Waals surface area (Å²) in [5.41, 5.74) is -1.70. The van der Waals surface area contributed by atoms with E-state index in [0.717, 1.165) is 19.4 Å². The third-order valence-electron chi connectivity index (χ3n) is 9.92. The second-order valence-electron chi connectivity index (χ2n) is 13.4. The molecule has 3 atom stereocenters. The van der Waals surface area contributed by atoms with E-state index in [1.807, 2.05) is 0 Å². The fourth-order valence-electron chi connectivity index (χ4n) is 7.79. The fourth-order valence-corrected chi connectivity index (χ4v) is 7.79. The van der Waals surface area contributed by atoms with Gasteiger partial charge in [0.15, 0.2) is 11.4 Å². The van der Waals surface area contributed by atoms with Gasteiger partial charge in [0.05, 0.1) is 37.3 Å². The topological polar surface area (TPSA) is 119 Å². The summed E-state index contributed by atoms with van der Waals surface area (Å²) in [5.74, 6) is -1.32. The average molecular weight is 666 g/mol. The van der Waals surface area contributed by atoms with Gasteiger partial charge in [0.1, 0.15) is 41.4 Å². The van der Waals surface area contributed by atoms with Crippen LogP contribution in [0.25, 0.3) is 32.9 Å². The van der Waals surface area contributed by atoms with Crippen LogP contribution in [-0.4, -0.2) is 101 Å². The average Bonchev–Trinajstić information content (AvgIpc) is 3.50. The summed E-state index contributed by atoms with van der Waals surface area (Å²) < 4.78 is 70.1. The molecule has 14 heteroatoms. The number of pyridine rings is 1. The highest BCUT2D eigenvalue weighted by Crippen LogP contribution is 2.42. The first-order chi connectivity index (χ1) is 23.1. The predicted molar refractivity (Wildman–Crippen MR) is 168 cm³/mol. The van der Waals surface area contributed by atoms with E-state index in [1.54, 1.807) is 11.8 Å². The molecule has 0 saturated carbocycles. The molecule has 5 aliphatic rings. The Balaban J connectivity index is 1.33. The summed E-state index contributed by atoms with van der Waals surface area (Å²) >= 11 is 0. The number of alkyl halides is 1. The van der Waals surface area contributed by atoms with Crippen LogP contribution in [0.4, 0.5) is 23.8 Å². The maximum Gasteiger partial charge on any atom is 0.508 e. The third kappa shape index (κ3) is 5.30. The van der Waals surface area contributed by atoms with Crippen molar-refractivity contribution in [2.45, 2.75) is 49.9 Å². The zero-order valence-electron chi connectivity index (χ0n) is 26.3. The van der Waals surface area contributed by atoms with E-state index in [0.29, 0.717) is 30.3 Å². The molecule has 2 aromatic heterocycles. The van der Waals surface area contributed by atoms with Gasteiger partial charge < -0.3 is 29.0 Å². The number of halogens is 3. The van der Waals surface area contributed by atoms with Crippen molar-refractivity contribution in [1.82, 2.24) is 19.9 Å². The largest absolute Gasteiger partial charge is 0.508 e. The highest BCUT2D eigenvalue weighted by atomic mass is 19.1. The van der Waals surface area contributed by atoms with Gasteiger partial charge in [0, 0.05) is 37.7 Å². The highest BCUT2D eigenvalue weighted by molar-refractivity contribution is 6.01. The predicted octanol–water partition coefficient (Wildman–Crippen LogP) is 5.09. The Hall–Kier alpha value is -4.43. The van der Waals surface area contributed by atoms with Crippen molar-refractivity contribution in [2.24, 2.45) is 0 Å². The van der Waals surface area contributed by atoms with Crippen LogP contribution in [0.5, 0.6) is 11.8 Å². The van der Waals surface area contributed by atoms with Crippen LogP contribution < -0.4 is 9.64 Å². The first-order valence-electron chi connectivity index (χ1n) is 16.1. The lowest BCUT2D eigenvalue weighted by molar-refractivity contribution is -0.0571. The Morgan fingerprint density at radius 3 is 2.92 bits per heavy atom. The molecule has 2 aromatic carbocycles. The molecule has 1 unspecified atom stereocenters. The standard InChI is InChI=1S/C34H34F3N5O6/c1-33-16-41(8-10-45-17-33)30-24-14-38-28(23-12-21(43)11-19-3-4-25(36)22(26(19)23)5-9-46-32(44)48-33)27(37)29(24)39-31(40-30)47-18-34-6-2-7-42(34)15-20(35)13-34/h3-4,11-12,14,20,43H,2,5-10,13,15-18H2,1H3/t20-,33?,34+/m1/s1. The quantitative estimate of drug-likeness (QED) is 0.295. The van der Waals surface area contributed by atoms with Crippen molar-refractivity contribution in [2.75, 3.05) is 57.5 Å². The van der Waals surface area contributed by atoms with Gasteiger partial charge in [-0.3, -0.25) is 9.88 Å². The summed E-state index contributed by atoms with van der Waals surface area (Å²) in [5, 5.41) is 11.6. The number of rotatable bonds is 3. The van der Waals surface area contributed by atoms with Gasteiger partial charge in [-0.2, -0.15) is 9.97 Å². The Kier molecular flexibility index (Phi) is 7.47. The van der Waals surface area contributed by atoms with Crippen molar-refractivity contribution in [1.29, 1.82) is 0 Å². The monoisotopic (exact) mass is 665 g/mol. The van der Waals surface area contributed by atoms with E-state index >= 15 is 8.78 Å². The number of fused-ring (bicyclic) bond motifs is 6. The molecule has 6 bridgehead atoms. The lowest BCUT2D eigenvalue weighted by Gasteiger charge is -2.33. The van der Waals surface area contributed by atoms with Gasteiger partial charge in [-0.15, -0.1) is 0 Å². The number of aromatic nitrogens is 3. The Labute approximate surface area is 273 Å². The lowest BCUT2D eigenvalue weighted by Crippen LogP contribution is -2.46. The van der Waals surface area contributed by atoms with Crippen LogP contribution in [0.2, 0.25) is 0 Å². The number of benzene rings is 2. The molecule has 0 aliphatic carbocycles. The number of phenols is 1. The van der Waals surface area contributed by atoms with E-state index in [4.69, 9.17) is 23.9 Å². The minimum absolute atomic E-state index is 0.0509. The van der Waals surface area contributed by atoms with Gasteiger partial charge in [-0.05, 0) is 60.8 Å². The smallest absolute Gasteiger partial charge is 0.508 e. The molecule has 48 heavy (non-hydrogen) atoms. The second kappa shape index (κ2) is 11.6. The summed E-state index contributed by atoms with van der Waals surface area (Å²) in [6.45, 7) is 3.40. The van der Waals surface area contributed by atoms with Crippen LogP contribution in [0, 0.1) is 11.6 Å². The van der Waals surface area contributed by atoms with Gasteiger partial charge >= 0.3 is 12.2 Å². The van der Waals surface area contributed by atoms with E-state index in [1.165, 1.54) is 30.5 Å². The minimum Gasteiger partial charge on any atom is -0.508 e. The zero-order valence-corrected chi connectivity index (χ0v) is 26.3. The van der Waals surface area contributed by atoms with E-state index in [9.17, 15) is 14.3 Å². The number of hydrogen-bond acceptors (Lipinski definition) is 11. The molecule has 0 amide bonds. The van der Waals surface area contributed by atoms with E-state index in [-0.39, 0.29) is 84.7 Å². The highest BCUT2D eigenvalue weighted by Gasteiger charge is 2.49. The van der Waals surface area contributed by atoms with Gasteiger partial charge in [0.25, 0.3) is 0 Å². The van der Waals surface area contributed by atoms with Crippen molar-refractivity contribution < 1.29 is 42.0 Å². The summed E-state index contributed by atoms with van der Waals surface area (Å²) in [6, 6.07) is 5.36. The maximum absolute atomic E-state index is 16.9. The van der Waals surface area contributed by atoms with Gasteiger partial charge in [0.2, 0.25) is 0 Å². The van der Waals surface area contributed by atoms with Gasteiger partial charge in [-0.1, -0.05) is 6.07 Å². The van der Waals surface area contributed by atoms with Gasteiger partial charge in [-0.25, -0.2) is 18.0 Å². The normalized spacial score (nSPS) is 26.1. The zero-order chi connectivity index (χ0) is 33.2. The van der Waals surface area contributed by atoms with Crippen LogP contribution in [0.3, 0.4) is 0 Å². The van der Waals surface area contributed by atoms with Crippen LogP contribution in [0.15, 0.2) is 30.5 Å². The molecule has 0 spiro atoms. The molecular formula is C34H34F3N5O6. The summed E-state index contributed by atoms with van der Waals surface area (Å²) in [4.78, 5) is 30.6. The number of phenolic OH excluding ortho intramolecular Hbond substituents is 1. The molecular weight excluding hydrogens is 631 g/mol. The number of anilines is 1. The third-order valence-corrected chi connectivity index (χ3v) is 9.92. The van der Waals surface area contributed by atoms with E-state index in [2.05, 4.69) is 14.9 Å². The minimum atomic E-state index is -1.20. The number of aromatic hydroxyl groups is 1. The molecule has 252 valence electrons. The Bertz CT molecular complexity index is 1950. The number of ether oxygens (including phenoxy) is 4. The summed E-state index contributed by atoms with van der Waals surface area (Å²) in [7, 11) is 0. The van der Waals surface area contributed by atoms with Crippen LogP contribution >= 0.6 is 0 Å². The van der Waals surface area contributed by atoms with Crippen LogP contribution in [0.1, 0.15) is 31.7 Å². The lowest BCUT2D eigenvalue weighted by atomic mass is 9.94. The maximum atomic E-state index is 16.9.